The molecule has 0 aliphatic carbocycles. The lowest BCUT2D eigenvalue weighted by atomic mass is 9.93. The first-order valence-electron chi connectivity index (χ1n) is 7.98. The number of nitrogens with zero attached hydrogens (tertiary/aromatic N) is 1. The van der Waals surface area contributed by atoms with E-state index in [0.29, 0.717) is 17.0 Å². The molecule has 0 spiro atoms. The van der Waals surface area contributed by atoms with E-state index < -0.39 is 0 Å². The standard InChI is InChI=1S/C17H18BrN3O2/c18-11-1-2-14-12(7-11)13(8-16(22)20-14)17(23)21-6-4-10-3-5-19-9-15(10)21/h1-2,7-8,10,15,19H,3-6,9H2,(H,20,22). The molecular weight excluding hydrogens is 358 g/mol. The van der Waals surface area contributed by atoms with E-state index in [1.807, 2.05) is 23.1 Å². The Labute approximate surface area is 142 Å². The van der Waals surface area contributed by atoms with Gasteiger partial charge in [-0.05, 0) is 43.5 Å². The van der Waals surface area contributed by atoms with Gasteiger partial charge < -0.3 is 15.2 Å². The number of fused-ring (bicyclic) bond motifs is 2. The topological polar surface area (TPSA) is 65.2 Å². The summed E-state index contributed by atoms with van der Waals surface area (Å²) in [5, 5.41) is 4.17. The zero-order valence-corrected chi connectivity index (χ0v) is 14.2. The SMILES string of the molecule is O=C(c1cc(=O)[nH]c2ccc(Br)cc12)N1CCC2CCNCC21. The third-order valence-electron chi connectivity index (χ3n) is 5.03. The summed E-state index contributed by atoms with van der Waals surface area (Å²) in [4.78, 5) is 29.8. The molecule has 23 heavy (non-hydrogen) atoms. The second-order valence-corrected chi connectivity index (χ2v) is 7.26. The number of aromatic nitrogens is 1. The van der Waals surface area contributed by atoms with Crippen LogP contribution in [0, 0.1) is 5.92 Å². The lowest BCUT2D eigenvalue weighted by Gasteiger charge is -2.32. The fourth-order valence-corrected chi connectivity index (χ4v) is 4.24. The Kier molecular flexibility index (Phi) is 3.73. The van der Waals surface area contributed by atoms with Crippen molar-refractivity contribution in [1.82, 2.24) is 15.2 Å². The van der Waals surface area contributed by atoms with Crippen LogP contribution in [0.2, 0.25) is 0 Å². The molecule has 1 aromatic carbocycles. The van der Waals surface area contributed by atoms with Gasteiger partial charge in [-0.3, -0.25) is 9.59 Å². The van der Waals surface area contributed by atoms with Gasteiger partial charge in [0.25, 0.3) is 5.91 Å². The summed E-state index contributed by atoms with van der Waals surface area (Å²) in [7, 11) is 0. The average molecular weight is 376 g/mol. The maximum Gasteiger partial charge on any atom is 0.255 e. The molecule has 2 fully saturated rings. The summed E-state index contributed by atoms with van der Waals surface area (Å²) in [5.41, 5.74) is 0.957. The monoisotopic (exact) mass is 375 g/mol. The smallest absolute Gasteiger partial charge is 0.255 e. The van der Waals surface area contributed by atoms with Crippen LogP contribution >= 0.6 is 15.9 Å². The van der Waals surface area contributed by atoms with E-state index in [0.717, 1.165) is 42.3 Å². The molecule has 2 atom stereocenters. The van der Waals surface area contributed by atoms with Crippen LogP contribution < -0.4 is 10.9 Å². The summed E-state index contributed by atoms with van der Waals surface area (Å²) in [6.45, 7) is 2.66. The van der Waals surface area contributed by atoms with Crippen molar-refractivity contribution in [2.45, 2.75) is 18.9 Å². The van der Waals surface area contributed by atoms with Gasteiger partial charge in [0.2, 0.25) is 5.56 Å². The van der Waals surface area contributed by atoms with Crippen molar-refractivity contribution in [1.29, 1.82) is 0 Å². The third-order valence-corrected chi connectivity index (χ3v) is 5.52. The molecule has 2 aromatic rings. The van der Waals surface area contributed by atoms with Crippen LogP contribution in [0.25, 0.3) is 10.9 Å². The van der Waals surface area contributed by atoms with Crippen molar-refractivity contribution in [3.8, 4) is 0 Å². The Morgan fingerprint density at radius 1 is 1.26 bits per heavy atom. The number of piperidine rings is 1. The number of H-pyrrole nitrogens is 1. The van der Waals surface area contributed by atoms with Gasteiger partial charge in [-0.1, -0.05) is 15.9 Å². The lowest BCUT2D eigenvalue weighted by molar-refractivity contribution is 0.0704. The zero-order chi connectivity index (χ0) is 16.0. The van der Waals surface area contributed by atoms with Crippen molar-refractivity contribution < 1.29 is 4.79 Å². The van der Waals surface area contributed by atoms with Crippen LogP contribution in [0.1, 0.15) is 23.2 Å². The third kappa shape index (κ3) is 2.60. The molecule has 6 heteroatoms. The van der Waals surface area contributed by atoms with Gasteiger partial charge in [-0.15, -0.1) is 0 Å². The highest BCUT2D eigenvalue weighted by atomic mass is 79.9. The normalized spacial score (nSPS) is 24.0. The van der Waals surface area contributed by atoms with Crippen LogP contribution in [-0.2, 0) is 0 Å². The van der Waals surface area contributed by atoms with Crippen molar-refractivity contribution in [3.05, 3.63) is 44.7 Å². The first kappa shape index (κ1) is 14.9. The van der Waals surface area contributed by atoms with Gasteiger partial charge in [0.05, 0.1) is 5.56 Å². The lowest BCUT2D eigenvalue weighted by Crippen LogP contribution is -2.48. The Hall–Kier alpha value is -1.66. The number of rotatable bonds is 1. The molecule has 0 saturated carbocycles. The number of amides is 1. The van der Waals surface area contributed by atoms with Gasteiger partial charge in [-0.2, -0.15) is 0 Å². The molecule has 2 unspecified atom stereocenters. The highest BCUT2D eigenvalue weighted by molar-refractivity contribution is 9.10. The summed E-state index contributed by atoms with van der Waals surface area (Å²) in [6.07, 6.45) is 2.18. The van der Waals surface area contributed by atoms with Gasteiger partial charge in [-0.25, -0.2) is 0 Å². The summed E-state index contributed by atoms with van der Waals surface area (Å²) < 4.78 is 0.893. The van der Waals surface area contributed by atoms with E-state index in [1.165, 1.54) is 6.07 Å². The second-order valence-electron chi connectivity index (χ2n) is 6.34. The van der Waals surface area contributed by atoms with E-state index in [1.54, 1.807) is 0 Å². The molecule has 2 saturated heterocycles. The molecule has 0 bridgehead atoms. The quantitative estimate of drug-likeness (QED) is 0.802. The molecule has 0 radical (unpaired) electrons. The van der Waals surface area contributed by atoms with Crippen molar-refractivity contribution in [2.24, 2.45) is 5.92 Å². The molecular formula is C17H18BrN3O2. The number of hydrogen-bond acceptors (Lipinski definition) is 3. The van der Waals surface area contributed by atoms with Gasteiger partial charge in [0, 0.05) is 40.6 Å². The van der Waals surface area contributed by atoms with Crippen molar-refractivity contribution >= 4 is 32.7 Å². The molecule has 120 valence electrons. The zero-order valence-electron chi connectivity index (χ0n) is 12.6. The Bertz CT molecular complexity index is 832. The first-order chi connectivity index (χ1) is 11.1. The second kappa shape index (κ2) is 5.76. The van der Waals surface area contributed by atoms with Crippen LogP contribution in [0.15, 0.2) is 33.5 Å². The first-order valence-corrected chi connectivity index (χ1v) is 8.77. The molecule has 2 aliphatic rings. The number of hydrogen-bond donors (Lipinski definition) is 2. The number of benzene rings is 1. The van der Waals surface area contributed by atoms with Gasteiger partial charge in [0.15, 0.2) is 0 Å². The number of carbonyl (C=O) groups is 1. The maximum atomic E-state index is 13.1. The number of pyridine rings is 1. The van der Waals surface area contributed by atoms with E-state index in [4.69, 9.17) is 0 Å². The molecule has 4 rings (SSSR count). The van der Waals surface area contributed by atoms with Crippen LogP contribution in [0.4, 0.5) is 0 Å². The fraction of sp³-hybridized carbons (Fsp3) is 0.412. The van der Waals surface area contributed by atoms with E-state index in [-0.39, 0.29) is 17.5 Å². The number of nitrogens with one attached hydrogen (secondary N) is 2. The van der Waals surface area contributed by atoms with E-state index in [9.17, 15) is 9.59 Å². The van der Waals surface area contributed by atoms with E-state index >= 15 is 0 Å². The minimum atomic E-state index is -0.235. The van der Waals surface area contributed by atoms with Crippen molar-refractivity contribution in [3.63, 3.8) is 0 Å². The Morgan fingerprint density at radius 3 is 3.00 bits per heavy atom. The van der Waals surface area contributed by atoms with E-state index in [2.05, 4.69) is 26.2 Å². The fourth-order valence-electron chi connectivity index (χ4n) is 3.88. The summed E-state index contributed by atoms with van der Waals surface area (Å²) in [5.74, 6) is 0.551. The molecule has 2 aliphatic heterocycles. The highest BCUT2D eigenvalue weighted by Crippen LogP contribution is 2.31. The number of likely N-dealkylation sites (tertiary alicyclic amines) is 1. The number of aromatic amines is 1. The van der Waals surface area contributed by atoms with Crippen LogP contribution in [0.5, 0.6) is 0 Å². The summed E-state index contributed by atoms with van der Waals surface area (Å²) in [6, 6.07) is 7.26. The minimum absolute atomic E-state index is 0.0320. The molecule has 3 heterocycles. The van der Waals surface area contributed by atoms with Crippen LogP contribution in [0.3, 0.4) is 0 Å². The van der Waals surface area contributed by atoms with Gasteiger partial charge in [0.1, 0.15) is 0 Å². The van der Waals surface area contributed by atoms with Gasteiger partial charge >= 0.3 is 0 Å². The van der Waals surface area contributed by atoms with Crippen molar-refractivity contribution in [2.75, 3.05) is 19.6 Å². The number of halogens is 1. The van der Waals surface area contributed by atoms with Crippen LogP contribution in [-0.4, -0.2) is 41.5 Å². The highest BCUT2D eigenvalue weighted by Gasteiger charge is 2.38. The Balaban J connectivity index is 1.78. The molecule has 5 nitrogen and oxygen atoms in total. The predicted molar refractivity (Wildman–Crippen MR) is 92.7 cm³/mol. The molecule has 1 amide bonds. The maximum absolute atomic E-state index is 13.1. The Morgan fingerprint density at radius 2 is 2.13 bits per heavy atom. The largest absolute Gasteiger partial charge is 0.334 e. The average Bonchev–Trinajstić information content (AvgIpc) is 2.98. The summed E-state index contributed by atoms with van der Waals surface area (Å²) >= 11 is 3.45. The molecule has 2 N–H and O–H groups in total. The molecule has 1 aromatic heterocycles. The number of carbonyl (C=O) groups excluding carboxylic acids is 1. The predicted octanol–water partition coefficient (Wildman–Crippen LogP) is 2.11. The minimum Gasteiger partial charge on any atom is -0.334 e.